The fourth-order valence-corrected chi connectivity index (χ4v) is 4.51. The number of pyridine rings is 1. The van der Waals surface area contributed by atoms with Crippen LogP contribution in [0, 0.1) is 18.8 Å². The third-order valence-corrected chi connectivity index (χ3v) is 6.64. The molecule has 3 heterocycles. The number of aryl methyl sites for hydroxylation is 1. The number of rotatable bonds is 5. The van der Waals surface area contributed by atoms with E-state index in [9.17, 15) is 18.0 Å². The first kappa shape index (κ1) is 25.7. The summed E-state index contributed by atoms with van der Waals surface area (Å²) in [4.78, 5) is 19.4. The van der Waals surface area contributed by atoms with E-state index in [0.717, 1.165) is 17.3 Å². The first-order valence-corrected chi connectivity index (χ1v) is 12.3. The molecule has 0 aliphatic carbocycles. The minimum absolute atomic E-state index is 0.135. The van der Waals surface area contributed by atoms with Gasteiger partial charge in [-0.1, -0.05) is 36.3 Å². The first-order valence-electron chi connectivity index (χ1n) is 12.3. The fraction of sp³-hybridized carbons (Fsp3) is 0.267. The second-order valence-corrected chi connectivity index (χ2v) is 9.33. The van der Waals surface area contributed by atoms with Crippen molar-refractivity contribution in [2.24, 2.45) is 0 Å². The Bertz CT molecular complexity index is 1540. The number of ketones is 1. The average molecular weight is 518 g/mol. The number of ether oxygens (including phenoxy) is 1. The minimum atomic E-state index is -4.51. The molecule has 2 aromatic heterocycles. The monoisotopic (exact) mass is 517 g/mol. The topological polar surface area (TPSA) is 46.8 Å². The number of morpholine rings is 1. The molecule has 194 valence electrons. The van der Waals surface area contributed by atoms with E-state index in [1.54, 1.807) is 30.5 Å². The molecule has 1 aliphatic rings. The van der Waals surface area contributed by atoms with Gasteiger partial charge < -0.3 is 4.74 Å². The van der Waals surface area contributed by atoms with E-state index >= 15 is 0 Å². The average Bonchev–Trinajstić information content (AvgIpc) is 3.32. The second kappa shape index (κ2) is 10.8. The largest absolute Gasteiger partial charge is 0.416 e. The van der Waals surface area contributed by atoms with Crippen molar-refractivity contribution in [3.05, 3.63) is 106 Å². The summed E-state index contributed by atoms with van der Waals surface area (Å²) < 4.78 is 48.8. The number of benzene rings is 2. The maximum atomic E-state index is 13.9. The SMILES string of the molecule is Cc1ccc(C(=O)Cc2ccc(CN3CCOCC3)c(C(F)(F)F)c2)cc1C#Cc1cnc2ccccn12. The van der Waals surface area contributed by atoms with Crippen molar-refractivity contribution >= 4 is 11.4 Å². The van der Waals surface area contributed by atoms with Crippen molar-refractivity contribution in [3.63, 3.8) is 0 Å². The molecule has 0 radical (unpaired) electrons. The van der Waals surface area contributed by atoms with E-state index < -0.39 is 11.7 Å². The van der Waals surface area contributed by atoms with Crippen molar-refractivity contribution in [2.75, 3.05) is 26.3 Å². The summed E-state index contributed by atoms with van der Waals surface area (Å²) >= 11 is 0. The Morgan fingerprint density at radius 2 is 1.87 bits per heavy atom. The van der Waals surface area contributed by atoms with Crippen LogP contribution in [0.15, 0.2) is 67.0 Å². The van der Waals surface area contributed by atoms with Gasteiger partial charge in [0.25, 0.3) is 0 Å². The van der Waals surface area contributed by atoms with Crippen LogP contribution in [0.25, 0.3) is 5.65 Å². The maximum absolute atomic E-state index is 13.9. The lowest BCUT2D eigenvalue weighted by Gasteiger charge is -2.27. The number of fused-ring (bicyclic) bond motifs is 1. The number of aromatic nitrogens is 2. The Morgan fingerprint density at radius 3 is 2.66 bits per heavy atom. The van der Waals surface area contributed by atoms with E-state index in [4.69, 9.17) is 4.74 Å². The lowest BCUT2D eigenvalue weighted by Crippen LogP contribution is -2.36. The molecular formula is C30H26F3N3O2. The van der Waals surface area contributed by atoms with Crippen LogP contribution in [0.4, 0.5) is 13.2 Å². The summed E-state index contributed by atoms with van der Waals surface area (Å²) in [6.07, 6.45) is -1.08. The highest BCUT2D eigenvalue weighted by atomic mass is 19.4. The molecule has 0 unspecified atom stereocenters. The van der Waals surface area contributed by atoms with Crippen molar-refractivity contribution < 1.29 is 22.7 Å². The molecule has 0 saturated carbocycles. The molecule has 0 N–H and O–H groups in total. The van der Waals surface area contributed by atoms with E-state index in [1.807, 2.05) is 40.6 Å². The van der Waals surface area contributed by atoms with Crippen molar-refractivity contribution in [1.29, 1.82) is 0 Å². The molecule has 8 heteroatoms. The summed E-state index contributed by atoms with van der Waals surface area (Å²) in [7, 11) is 0. The Labute approximate surface area is 218 Å². The summed E-state index contributed by atoms with van der Waals surface area (Å²) in [6, 6.07) is 15.1. The number of alkyl halides is 3. The Morgan fingerprint density at radius 1 is 1.05 bits per heavy atom. The molecule has 0 bridgehead atoms. The Hall–Kier alpha value is -3.93. The molecule has 1 fully saturated rings. The van der Waals surface area contributed by atoms with Gasteiger partial charge in [-0.05, 0) is 53.8 Å². The predicted molar refractivity (Wildman–Crippen MR) is 138 cm³/mol. The van der Waals surface area contributed by atoms with Gasteiger partial charge in [0.2, 0.25) is 0 Å². The molecule has 2 aromatic carbocycles. The van der Waals surface area contributed by atoms with Crippen LogP contribution in [-0.2, 0) is 23.9 Å². The van der Waals surface area contributed by atoms with Crippen LogP contribution < -0.4 is 0 Å². The highest BCUT2D eigenvalue weighted by Gasteiger charge is 2.34. The second-order valence-electron chi connectivity index (χ2n) is 9.33. The first-order chi connectivity index (χ1) is 18.3. The van der Waals surface area contributed by atoms with Gasteiger partial charge in [-0.15, -0.1) is 0 Å². The summed E-state index contributed by atoms with van der Waals surface area (Å²) in [5.74, 6) is 5.96. The predicted octanol–water partition coefficient (Wildman–Crippen LogP) is 5.32. The zero-order chi connectivity index (χ0) is 26.7. The van der Waals surface area contributed by atoms with Gasteiger partial charge >= 0.3 is 6.18 Å². The lowest BCUT2D eigenvalue weighted by atomic mass is 9.96. The summed E-state index contributed by atoms with van der Waals surface area (Å²) in [6.45, 7) is 4.29. The number of hydrogen-bond acceptors (Lipinski definition) is 4. The van der Waals surface area contributed by atoms with Crippen LogP contribution in [0.2, 0.25) is 0 Å². The van der Waals surface area contributed by atoms with Crippen molar-refractivity contribution in [2.45, 2.75) is 26.1 Å². The van der Waals surface area contributed by atoms with Gasteiger partial charge in [0.1, 0.15) is 11.3 Å². The molecule has 5 rings (SSSR count). The van der Waals surface area contributed by atoms with E-state index in [1.165, 1.54) is 6.07 Å². The molecule has 5 nitrogen and oxygen atoms in total. The van der Waals surface area contributed by atoms with Gasteiger partial charge in [0, 0.05) is 43.4 Å². The van der Waals surface area contributed by atoms with E-state index in [-0.39, 0.29) is 24.3 Å². The number of halogens is 3. The van der Waals surface area contributed by atoms with Crippen molar-refractivity contribution in [1.82, 2.24) is 14.3 Å². The fourth-order valence-electron chi connectivity index (χ4n) is 4.51. The molecule has 1 saturated heterocycles. The smallest absolute Gasteiger partial charge is 0.379 e. The number of carbonyl (C=O) groups is 1. The van der Waals surface area contributed by atoms with Gasteiger partial charge in [-0.3, -0.25) is 14.1 Å². The molecule has 0 spiro atoms. The van der Waals surface area contributed by atoms with Gasteiger partial charge in [-0.2, -0.15) is 13.2 Å². The zero-order valence-electron chi connectivity index (χ0n) is 20.9. The molecule has 4 aromatic rings. The van der Waals surface area contributed by atoms with Crippen LogP contribution in [0.1, 0.15) is 43.9 Å². The standard InChI is InChI=1S/C30H26F3N3O2/c1-21-5-7-24(18-23(21)9-10-26-19-34-29-4-2-3-11-36(26)29)28(37)17-22-6-8-25(27(16-22)30(31,32)33)20-35-12-14-38-15-13-35/h2-8,11,16,18-19H,12-15,17,20H2,1H3. The number of Topliss-reactive ketones (excluding diaryl/α,β-unsaturated/α-hetero) is 1. The van der Waals surface area contributed by atoms with E-state index in [2.05, 4.69) is 16.8 Å². The lowest BCUT2D eigenvalue weighted by molar-refractivity contribution is -0.138. The van der Waals surface area contributed by atoms with Gasteiger partial charge in [-0.25, -0.2) is 4.98 Å². The maximum Gasteiger partial charge on any atom is 0.416 e. The number of imidazole rings is 1. The van der Waals surface area contributed by atoms with Gasteiger partial charge in [0.15, 0.2) is 5.78 Å². The normalized spacial score (nSPS) is 14.3. The molecule has 0 amide bonds. The van der Waals surface area contributed by atoms with Crippen LogP contribution in [-0.4, -0.2) is 46.4 Å². The molecular weight excluding hydrogens is 491 g/mol. The molecule has 38 heavy (non-hydrogen) atoms. The number of hydrogen-bond donors (Lipinski definition) is 0. The third-order valence-electron chi connectivity index (χ3n) is 6.64. The quantitative estimate of drug-likeness (QED) is 0.266. The Kier molecular flexibility index (Phi) is 7.32. The summed E-state index contributed by atoms with van der Waals surface area (Å²) in [5, 5.41) is 0. The van der Waals surface area contributed by atoms with Crippen molar-refractivity contribution in [3.8, 4) is 11.8 Å². The van der Waals surface area contributed by atoms with E-state index in [0.29, 0.717) is 48.7 Å². The number of nitrogens with zero attached hydrogens (tertiary/aromatic N) is 3. The van der Waals surface area contributed by atoms with Crippen LogP contribution >= 0.6 is 0 Å². The van der Waals surface area contributed by atoms with Crippen LogP contribution in [0.5, 0.6) is 0 Å². The third kappa shape index (κ3) is 5.80. The molecule has 0 atom stereocenters. The number of carbonyl (C=O) groups excluding carboxylic acids is 1. The Balaban J connectivity index is 1.36. The highest BCUT2D eigenvalue weighted by Crippen LogP contribution is 2.34. The van der Waals surface area contributed by atoms with Crippen LogP contribution in [0.3, 0.4) is 0 Å². The zero-order valence-corrected chi connectivity index (χ0v) is 20.9. The summed E-state index contributed by atoms with van der Waals surface area (Å²) in [5.41, 5.74) is 3.32. The highest BCUT2D eigenvalue weighted by molar-refractivity contribution is 5.98. The minimum Gasteiger partial charge on any atom is -0.379 e. The molecule has 1 aliphatic heterocycles. The van der Waals surface area contributed by atoms with Gasteiger partial charge in [0.05, 0.1) is 25.0 Å².